The molecular formula is C11H21N3O3. The van der Waals surface area contributed by atoms with Crippen LogP contribution < -0.4 is 5.32 Å². The number of likely N-dealkylation sites (tertiary alicyclic amines) is 1. The van der Waals surface area contributed by atoms with Crippen LogP contribution in [-0.4, -0.2) is 81.5 Å². The molecule has 0 atom stereocenters. The van der Waals surface area contributed by atoms with E-state index in [1.807, 2.05) is 4.90 Å². The Labute approximate surface area is 102 Å². The van der Waals surface area contributed by atoms with Crippen molar-refractivity contribution in [1.29, 1.82) is 0 Å². The maximum Gasteiger partial charge on any atom is 0.236 e. The van der Waals surface area contributed by atoms with Crippen LogP contribution in [0.3, 0.4) is 0 Å². The van der Waals surface area contributed by atoms with Gasteiger partial charge in [0, 0.05) is 40.4 Å². The number of hydrogen-bond donors (Lipinski definition) is 1. The van der Waals surface area contributed by atoms with E-state index in [1.54, 1.807) is 14.2 Å². The quantitative estimate of drug-likeness (QED) is 0.624. The summed E-state index contributed by atoms with van der Waals surface area (Å²) in [5.41, 5.74) is 0. The Morgan fingerprint density at radius 1 is 1.24 bits per heavy atom. The van der Waals surface area contributed by atoms with E-state index >= 15 is 0 Å². The highest BCUT2D eigenvalue weighted by Gasteiger charge is 2.44. The predicted octanol–water partition coefficient (Wildman–Crippen LogP) is -1.28. The van der Waals surface area contributed by atoms with Crippen molar-refractivity contribution < 1.29 is 14.3 Å². The summed E-state index contributed by atoms with van der Waals surface area (Å²) in [7, 11) is 3.28. The first-order valence-corrected chi connectivity index (χ1v) is 6.00. The number of hydrogen-bond acceptors (Lipinski definition) is 5. The molecule has 2 aliphatic heterocycles. The SMILES string of the molecule is COC1(OC)CN(CC(=O)N2CCNCC2)C1. The zero-order valence-electron chi connectivity index (χ0n) is 10.6. The highest BCUT2D eigenvalue weighted by atomic mass is 16.7. The highest BCUT2D eigenvalue weighted by Crippen LogP contribution is 2.24. The Hall–Kier alpha value is -0.690. The topological polar surface area (TPSA) is 54.0 Å². The average Bonchev–Trinajstić information content (AvgIpc) is 2.34. The molecule has 1 N–H and O–H groups in total. The van der Waals surface area contributed by atoms with E-state index in [0.29, 0.717) is 19.6 Å². The fourth-order valence-electron chi connectivity index (χ4n) is 2.29. The minimum Gasteiger partial charge on any atom is -0.351 e. The minimum absolute atomic E-state index is 0.201. The van der Waals surface area contributed by atoms with Gasteiger partial charge in [0.05, 0.1) is 19.6 Å². The van der Waals surface area contributed by atoms with Gasteiger partial charge in [-0.05, 0) is 0 Å². The molecule has 0 aromatic carbocycles. The van der Waals surface area contributed by atoms with Gasteiger partial charge >= 0.3 is 0 Å². The Kier molecular flexibility index (Phi) is 3.98. The Balaban J connectivity index is 1.74. The van der Waals surface area contributed by atoms with E-state index in [2.05, 4.69) is 10.2 Å². The molecule has 2 aliphatic rings. The van der Waals surface area contributed by atoms with Gasteiger partial charge in [0.25, 0.3) is 0 Å². The third-order valence-electron chi connectivity index (χ3n) is 3.50. The molecule has 0 aromatic rings. The van der Waals surface area contributed by atoms with Gasteiger partial charge in [-0.25, -0.2) is 0 Å². The van der Waals surface area contributed by atoms with Gasteiger partial charge < -0.3 is 19.7 Å². The first-order chi connectivity index (χ1) is 8.19. The second-order valence-electron chi connectivity index (χ2n) is 4.59. The van der Waals surface area contributed by atoms with Gasteiger partial charge in [0.15, 0.2) is 5.79 Å². The van der Waals surface area contributed by atoms with Crippen molar-refractivity contribution in [2.45, 2.75) is 5.79 Å². The molecule has 0 aromatic heterocycles. The number of nitrogens with zero attached hydrogens (tertiary/aromatic N) is 2. The van der Waals surface area contributed by atoms with Crippen LogP contribution in [0.5, 0.6) is 0 Å². The molecule has 6 nitrogen and oxygen atoms in total. The zero-order valence-corrected chi connectivity index (χ0v) is 10.6. The first-order valence-electron chi connectivity index (χ1n) is 6.00. The van der Waals surface area contributed by atoms with E-state index in [0.717, 1.165) is 26.2 Å². The van der Waals surface area contributed by atoms with Crippen molar-refractivity contribution in [2.24, 2.45) is 0 Å². The molecule has 1 amide bonds. The molecule has 2 fully saturated rings. The lowest BCUT2D eigenvalue weighted by molar-refractivity contribution is -0.274. The molecule has 17 heavy (non-hydrogen) atoms. The maximum absolute atomic E-state index is 12.0. The Morgan fingerprint density at radius 2 is 1.82 bits per heavy atom. The van der Waals surface area contributed by atoms with Crippen LogP contribution in [0, 0.1) is 0 Å². The summed E-state index contributed by atoms with van der Waals surface area (Å²) >= 11 is 0. The lowest BCUT2D eigenvalue weighted by atomic mass is 10.1. The molecular weight excluding hydrogens is 222 g/mol. The Morgan fingerprint density at radius 3 is 2.35 bits per heavy atom. The summed E-state index contributed by atoms with van der Waals surface area (Å²) in [5, 5.41) is 3.23. The maximum atomic E-state index is 12.0. The van der Waals surface area contributed by atoms with Crippen LogP contribution >= 0.6 is 0 Å². The summed E-state index contributed by atoms with van der Waals surface area (Å²) in [6.07, 6.45) is 0. The third kappa shape index (κ3) is 2.77. The second kappa shape index (κ2) is 5.30. The lowest BCUT2D eigenvalue weighted by Gasteiger charge is -2.47. The number of piperazine rings is 1. The van der Waals surface area contributed by atoms with Gasteiger partial charge in [-0.1, -0.05) is 0 Å². The Bertz CT molecular complexity index is 267. The fourth-order valence-corrected chi connectivity index (χ4v) is 2.29. The van der Waals surface area contributed by atoms with Crippen LogP contribution in [0.1, 0.15) is 0 Å². The molecule has 0 unspecified atom stereocenters. The number of methoxy groups -OCH3 is 2. The number of carbonyl (C=O) groups excluding carboxylic acids is 1. The van der Waals surface area contributed by atoms with Crippen LogP contribution in [-0.2, 0) is 14.3 Å². The van der Waals surface area contributed by atoms with Crippen molar-refractivity contribution in [2.75, 3.05) is 60.0 Å². The van der Waals surface area contributed by atoms with E-state index in [1.165, 1.54) is 0 Å². The molecule has 2 saturated heterocycles. The first kappa shape index (κ1) is 12.8. The molecule has 0 radical (unpaired) electrons. The molecule has 2 rings (SSSR count). The molecule has 98 valence electrons. The number of nitrogens with one attached hydrogen (secondary N) is 1. The second-order valence-corrected chi connectivity index (χ2v) is 4.59. The summed E-state index contributed by atoms with van der Waals surface area (Å²) in [5.74, 6) is -0.295. The van der Waals surface area contributed by atoms with Crippen LogP contribution in [0.4, 0.5) is 0 Å². The van der Waals surface area contributed by atoms with E-state index in [-0.39, 0.29) is 5.91 Å². The van der Waals surface area contributed by atoms with E-state index < -0.39 is 5.79 Å². The van der Waals surface area contributed by atoms with Crippen molar-refractivity contribution in [3.05, 3.63) is 0 Å². The van der Waals surface area contributed by atoms with Gasteiger partial charge in [0.2, 0.25) is 5.91 Å². The predicted molar refractivity (Wildman–Crippen MR) is 62.6 cm³/mol. The molecule has 0 saturated carbocycles. The number of rotatable bonds is 4. The highest BCUT2D eigenvalue weighted by molar-refractivity contribution is 5.78. The summed E-state index contributed by atoms with van der Waals surface area (Å²) in [4.78, 5) is 15.9. The van der Waals surface area contributed by atoms with E-state index in [4.69, 9.17) is 9.47 Å². The monoisotopic (exact) mass is 243 g/mol. The van der Waals surface area contributed by atoms with Crippen molar-refractivity contribution >= 4 is 5.91 Å². The number of ether oxygens (including phenoxy) is 2. The number of carbonyl (C=O) groups is 1. The molecule has 0 aliphatic carbocycles. The van der Waals surface area contributed by atoms with Gasteiger partial charge in [-0.3, -0.25) is 9.69 Å². The van der Waals surface area contributed by atoms with Crippen molar-refractivity contribution in [1.82, 2.24) is 15.1 Å². The average molecular weight is 243 g/mol. The summed E-state index contributed by atoms with van der Waals surface area (Å²) in [6.45, 7) is 5.21. The van der Waals surface area contributed by atoms with Gasteiger partial charge in [-0.2, -0.15) is 0 Å². The van der Waals surface area contributed by atoms with Gasteiger partial charge in [0.1, 0.15) is 0 Å². The van der Waals surface area contributed by atoms with Crippen LogP contribution in [0.15, 0.2) is 0 Å². The summed E-state index contributed by atoms with van der Waals surface area (Å²) in [6, 6.07) is 0. The smallest absolute Gasteiger partial charge is 0.236 e. The fraction of sp³-hybridized carbons (Fsp3) is 0.909. The largest absolute Gasteiger partial charge is 0.351 e. The van der Waals surface area contributed by atoms with E-state index in [9.17, 15) is 4.79 Å². The van der Waals surface area contributed by atoms with Crippen LogP contribution in [0.25, 0.3) is 0 Å². The molecule has 0 bridgehead atoms. The molecule has 0 spiro atoms. The standard InChI is InChI=1S/C11H21N3O3/c1-16-11(17-2)8-13(9-11)7-10(15)14-5-3-12-4-6-14/h12H,3-9H2,1-2H3. The lowest BCUT2D eigenvalue weighted by Crippen LogP contribution is -2.65. The minimum atomic E-state index is -0.496. The normalized spacial score (nSPS) is 24.5. The zero-order chi connectivity index (χ0) is 12.3. The molecule has 6 heteroatoms. The third-order valence-corrected chi connectivity index (χ3v) is 3.50. The van der Waals surface area contributed by atoms with Crippen molar-refractivity contribution in [3.8, 4) is 0 Å². The van der Waals surface area contributed by atoms with Crippen molar-refractivity contribution in [3.63, 3.8) is 0 Å². The summed E-state index contributed by atoms with van der Waals surface area (Å²) < 4.78 is 10.6. The number of amides is 1. The molecule has 2 heterocycles. The van der Waals surface area contributed by atoms with Crippen LogP contribution in [0.2, 0.25) is 0 Å². The van der Waals surface area contributed by atoms with Gasteiger partial charge in [-0.15, -0.1) is 0 Å².